The lowest BCUT2D eigenvalue weighted by molar-refractivity contribution is 0.129. The van der Waals surface area contributed by atoms with E-state index >= 15 is 0 Å². The summed E-state index contributed by atoms with van der Waals surface area (Å²) in [6, 6.07) is 3.64. The predicted octanol–water partition coefficient (Wildman–Crippen LogP) is 2.95. The number of hydrogen-bond acceptors (Lipinski definition) is 3. The predicted molar refractivity (Wildman–Crippen MR) is 67.0 cm³/mol. The zero-order valence-corrected chi connectivity index (χ0v) is 11.3. The van der Waals surface area contributed by atoms with Crippen molar-refractivity contribution in [3.05, 3.63) is 20.8 Å². The van der Waals surface area contributed by atoms with Gasteiger partial charge in [-0.05, 0) is 34.0 Å². The highest BCUT2D eigenvalue weighted by atomic mass is 79.9. The molecule has 0 aliphatic rings. The molecule has 1 rings (SSSR count). The van der Waals surface area contributed by atoms with E-state index in [4.69, 9.17) is 5.73 Å². The summed E-state index contributed by atoms with van der Waals surface area (Å²) in [7, 11) is 0. The normalized spacial score (nSPS) is 15.0. The number of aliphatic hydroxyl groups is 1. The van der Waals surface area contributed by atoms with Crippen LogP contribution in [0.5, 0.6) is 0 Å². The molecule has 0 radical (unpaired) electrons. The minimum Gasteiger partial charge on any atom is -0.386 e. The molecule has 14 heavy (non-hydrogen) atoms. The van der Waals surface area contributed by atoms with E-state index in [1.165, 1.54) is 11.3 Å². The van der Waals surface area contributed by atoms with Crippen LogP contribution in [0.25, 0.3) is 0 Å². The van der Waals surface area contributed by atoms with Crippen molar-refractivity contribution in [1.82, 2.24) is 0 Å². The van der Waals surface area contributed by atoms with Crippen molar-refractivity contribution in [3.63, 3.8) is 0 Å². The molecule has 0 aliphatic heterocycles. The molecule has 0 saturated heterocycles. The fraction of sp³-hybridized carbons (Fsp3) is 0.556. The first-order chi connectivity index (χ1) is 6.02. The van der Waals surface area contributed by atoms with Crippen molar-refractivity contribution in [3.8, 4) is 0 Å². The molecule has 0 aliphatic carbocycles. The van der Waals surface area contributed by atoms with E-state index in [0.29, 0.717) is 0 Å². The Labute approximate surface area is 103 Å². The highest BCUT2D eigenvalue weighted by Gasteiger charge is 2.21. The third-order valence-corrected chi connectivity index (χ3v) is 3.71. The van der Waals surface area contributed by atoms with Crippen LogP contribution >= 0.6 is 39.7 Å². The SMILES string of the molecule is CC(C)C(N)C(O)c1ccc(Br)s1.Cl. The van der Waals surface area contributed by atoms with Crippen molar-refractivity contribution >= 4 is 39.7 Å². The zero-order valence-electron chi connectivity index (χ0n) is 8.11. The fourth-order valence-electron chi connectivity index (χ4n) is 1.04. The minimum absolute atomic E-state index is 0. The summed E-state index contributed by atoms with van der Waals surface area (Å²) in [5, 5.41) is 9.84. The lowest BCUT2D eigenvalue weighted by Gasteiger charge is -2.20. The van der Waals surface area contributed by atoms with Gasteiger partial charge in [0.05, 0.1) is 3.79 Å². The second kappa shape index (κ2) is 6.08. The molecule has 5 heteroatoms. The van der Waals surface area contributed by atoms with Crippen molar-refractivity contribution in [2.24, 2.45) is 11.7 Å². The van der Waals surface area contributed by atoms with Gasteiger partial charge in [0.25, 0.3) is 0 Å². The van der Waals surface area contributed by atoms with Gasteiger partial charge >= 0.3 is 0 Å². The van der Waals surface area contributed by atoms with Crippen molar-refractivity contribution in [2.75, 3.05) is 0 Å². The summed E-state index contributed by atoms with van der Waals surface area (Å²) >= 11 is 4.88. The Balaban J connectivity index is 0.00000169. The second-order valence-electron chi connectivity index (χ2n) is 3.41. The number of nitrogens with two attached hydrogens (primary N) is 1. The average Bonchev–Trinajstić information content (AvgIpc) is 2.49. The number of rotatable bonds is 3. The van der Waals surface area contributed by atoms with Gasteiger partial charge in [0.2, 0.25) is 0 Å². The van der Waals surface area contributed by atoms with Gasteiger partial charge in [-0.15, -0.1) is 23.7 Å². The number of aliphatic hydroxyl groups excluding tert-OH is 1. The Kier molecular flexibility index (Phi) is 6.25. The lowest BCUT2D eigenvalue weighted by atomic mass is 9.99. The Hall–Kier alpha value is 0.390. The van der Waals surface area contributed by atoms with Crippen LogP contribution in [0.1, 0.15) is 24.8 Å². The molecule has 0 bridgehead atoms. The molecule has 82 valence electrons. The molecular formula is C9H15BrClNOS. The summed E-state index contributed by atoms with van der Waals surface area (Å²) in [5.41, 5.74) is 5.84. The molecule has 0 fully saturated rings. The molecule has 0 saturated carbocycles. The van der Waals surface area contributed by atoms with E-state index in [2.05, 4.69) is 15.9 Å². The van der Waals surface area contributed by atoms with E-state index in [9.17, 15) is 5.11 Å². The number of halogens is 2. The molecule has 3 N–H and O–H groups in total. The first-order valence-corrected chi connectivity index (χ1v) is 5.82. The highest BCUT2D eigenvalue weighted by Crippen LogP contribution is 2.29. The zero-order chi connectivity index (χ0) is 10.0. The van der Waals surface area contributed by atoms with Crippen LogP contribution in [0.15, 0.2) is 15.9 Å². The molecule has 2 unspecified atom stereocenters. The summed E-state index contributed by atoms with van der Waals surface area (Å²) in [5.74, 6) is 0.288. The fourth-order valence-corrected chi connectivity index (χ4v) is 2.51. The standard InChI is InChI=1S/C9H14BrNOS.ClH/c1-5(2)8(11)9(12)6-3-4-7(10)13-6;/h3-5,8-9,12H,11H2,1-2H3;1H. The molecule has 2 nitrogen and oxygen atoms in total. The molecule has 0 spiro atoms. The summed E-state index contributed by atoms with van der Waals surface area (Å²) in [4.78, 5) is 0.924. The summed E-state index contributed by atoms with van der Waals surface area (Å²) in [6.07, 6.45) is -0.545. The number of thiophene rings is 1. The molecule has 1 heterocycles. The van der Waals surface area contributed by atoms with Crippen molar-refractivity contribution in [1.29, 1.82) is 0 Å². The first kappa shape index (κ1) is 14.4. The average molecular weight is 301 g/mol. The van der Waals surface area contributed by atoms with Gasteiger partial charge in [-0.2, -0.15) is 0 Å². The molecule has 2 atom stereocenters. The van der Waals surface area contributed by atoms with Gasteiger partial charge < -0.3 is 10.8 Å². The molecule has 0 aromatic carbocycles. The van der Waals surface area contributed by atoms with Crippen LogP contribution in [0.4, 0.5) is 0 Å². The van der Waals surface area contributed by atoms with Crippen molar-refractivity contribution < 1.29 is 5.11 Å². The maximum atomic E-state index is 9.84. The minimum atomic E-state index is -0.545. The topological polar surface area (TPSA) is 46.2 Å². The largest absolute Gasteiger partial charge is 0.386 e. The van der Waals surface area contributed by atoms with Gasteiger partial charge in [0, 0.05) is 10.9 Å². The highest BCUT2D eigenvalue weighted by molar-refractivity contribution is 9.11. The van der Waals surface area contributed by atoms with E-state index in [1.807, 2.05) is 26.0 Å². The smallest absolute Gasteiger partial charge is 0.103 e. The monoisotopic (exact) mass is 299 g/mol. The maximum absolute atomic E-state index is 9.84. The third kappa shape index (κ3) is 3.51. The lowest BCUT2D eigenvalue weighted by Crippen LogP contribution is -2.33. The van der Waals surface area contributed by atoms with Gasteiger partial charge in [-0.3, -0.25) is 0 Å². The maximum Gasteiger partial charge on any atom is 0.103 e. The Morgan fingerprint density at radius 3 is 2.36 bits per heavy atom. The van der Waals surface area contributed by atoms with Crippen LogP contribution in [0.2, 0.25) is 0 Å². The first-order valence-electron chi connectivity index (χ1n) is 4.21. The van der Waals surface area contributed by atoms with Gasteiger partial charge in [-0.25, -0.2) is 0 Å². The van der Waals surface area contributed by atoms with Crippen LogP contribution in [-0.2, 0) is 0 Å². The van der Waals surface area contributed by atoms with Crippen molar-refractivity contribution in [2.45, 2.75) is 26.0 Å². The number of hydrogen-bond donors (Lipinski definition) is 2. The van der Waals surface area contributed by atoms with Crippen LogP contribution < -0.4 is 5.73 Å². The molecular weight excluding hydrogens is 286 g/mol. The molecule has 1 aromatic rings. The van der Waals surface area contributed by atoms with Gasteiger partial charge in [0.1, 0.15) is 6.10 Å². The van der Waals surface area contributed by atoms with E-state index < -0.39 is 6.10 Å². The summed E-state index contributed by atoms with van der Waals surface area (Å²) in [6.45, 7) is 4.02. The van der Waals surface area contributed by atoms with E-state index in [-0.39, 0.29) is 24.4 Å². The van der Waals surface area contributed by atoms with E-state index in [1.54, 1.807) is 0 Å². The molecule has 0 amide bonds. The van der Waals surface area contributed by atoms with Gasteiger partial charge in [0.15, 0.2) is 0 Å². The van der Waals surface area contributed by atoms with Crippen LogP contribution in [0, 0.1) is 5.92 Å². The Morgan fingerprint density at radius 2 is 2.00 bits per heavy atom. The Bertz CT molecular complexity index is 280. The third-order valence-electron chi connectivity index (χ3n) is 2.02. The van der Waals surface area contributed by atoms with Gasteiger partial charge in [-0.1, -0.05) is 13.8 Å². The van der Waals surface area contributed by atoms with Crippen LogP contribution in [-0.4, -0.2) is 11.1 Å². The second-order valence-corrected chi connectivity index (χ2v) is 5.90. The van der Waals surface area contributed by atoms with E-state index in [0.717, 1.165) is 8.66 Å². The van der Waals surface area contributed by atoms with Crippen LogP contribution in [0.3, 0.4) is 0 Å². The Morgan fingerprint density at radius 1 is 1.43 bits per heavy atom. The summed E-state index contributed by atoms with van der Waals surface area (Å²) < 4.78 is 1.03. The molecule has 1 aromatic heterocycles. The quantitative estimate of drug-likeness (QED) is 0.901.